The Kier molecular flexibility index (Phi) is 3.14. The monoisotopic (exact) mass is 260 g/mol. The Morgan fingerprint density at radius 3 is 2.39 bits per heavy atom. The average Bonchev–Trinajstić information content (AvgIpc) is 2.81. The van der Waals surface area contributed by atoms with Gasteiger partial charge in [-0.2, -0.15) is 0 Å². The van der Waals surface area contributed by atoms with Gasteiger partial charge >= 0.3 is 0 Å². The molecule has 0 atom stereocenters. The lowest BCUT2D eigenvalue weighted by Gasteiger charge is -2.14. The van der Waals surface area contributed by atoms with Crippen LogP contribution in [0.3, 0.4) is 0 Å². The Hall–Kier alpha value is -1.25. The fourth-order valence-electron chi connectivity index (χ4n) is 2.66. The molecule has 0 N–H and O–H groups in total. The number of aromatic nitrogens is 1. The van der Waals surface area contributed by atoms with Crippen LogP contribution in [0.4, 0.5) is 0 Å². The molecule has 0 spiro atoms. The largest absolute Gasteiger partial charge is 0.324 e. The topological polar surface area (TPSA) is 8.17 Å². The van der Waals surface area contributed by atoms with Gasteiger partial charge in [0.2, 0.25) is 0 Å². The third kappa shape index (κ3) is 2.06. The van der Waals surface area contributed by atoms with Gasteiger partial charge in [0, 0.05) is 36.2 Å². The molecule has 0 fully saturated rings. The lowest BCUT2D eigenvalue weighted by Crippen LogP contribution is -2.20. The number of hydrogen-bond donors (Lipinski definition) is 0. The molecule has 2 heterocycles. The van der Waals surface area contributed by atoms with Crippen LogP contribution in [0, 0.1) is 0 Å². The van der Waals surface area contributed by atoms with Crippen molar-refractivity contribution in [1.82, 2.24) is 9.47 Å². The van der Waals surface area contributed by atoms with Crippen molar-refractivity contribution in [2.75, 3.05) is 20.1 Å². The van der Waals surface area contributed by atoms with Crippen LogP contribution in [0.5, 0.6) is 0 Å². The minimum absolute atomic E-state index is 0.913. The minimum atomic E-state index is 0.913. The van der Waals surface area contributed by atoms with Crippen molar-refractivity contribution in [3.8, 4) is 5.69 Å². The average molecular weight is 261 g/mol. The molecule has 1 aliphatic heterocycles. The zero-order valence-corrected chi connectivity index (χ0v) is 11.3. The van der Waals surface area contributed by atoms with Crippen LogP contribution in [0.15, 0.2) is 36.7 Å². The Labute approximate surface area is 113 Å². The third-order valence-corrected chi connectivity index (χ3v) is 4.07. The highest BCUT2D eigenvalue weighted by molar-refractivity contribution is 6.31. The second-order valence-corrected chi connectivity index (χ2v) is 5.32. The summed E-state index contributed by atoms with van der Waals surface area (Å²) in [6, 6.07) is 8.28. The fourth-order valence-corrected chi connectivity index (χ4v) is 2.93. The van der Waals surface area contributed by atoms with E-state index in [1.54, 1.807) is 0 Å². The molecule has 0 bridgehead atoms. The van der Waals surface area contributed by atoms with Crippen LogP contribution in [0.25, 0.3) is 5.69 Å². The first kappa shape index (κ1) is 11.8. The molecule has 18 heavy (non-hydrogen) atoms. The van der Waals surface area contributed by atoms with Gasteiger partial charge in [-0.05, 0) is 55.3 Å². The molecule has 0 saturated heterocycles. The van der Waals surface area contributed by atoms with Crippen molar-refractivity contribution < 1.29 is 0 Å². The second kappa shape index (κ2) is 4.79. The van der Waals surface area contributed by atoms with E-state index < -0.39 is 0 Å². The number of fused-ring (bicyclic) bond motifs is 1. The molecule has 94 valence electrons. The van der Waals surface area contributed by atoms with E-state index in [1.807, 2.05) is 6.07 Å². The van der Waals surface area contributed by atoms with Gasteiger partial charge in [-0.1, -0.05) is 11.6 Å². The number of benzene rings is 1. The van der Waals surface area contributed by atoms with Crippen molar-refractivity contribution >= 4 is 11.6 Å². The molecule has 0 amide bonds. The molecule has 1 aromatic heterocycles. The molecule has 3 heteroatoms. The summed E-state index contributed by atoms with van der Waals surface area (Å²) in [4.78, 5) is 2.37. The number of nitrogens with zero attached hydrogens (tertiary/aromatic N) is 2. The van der Waals surface area contributed by atoms with Gasteiger partial charge in [0.1, 0.15) is 0 Å². The first-order valence-corrected chi connectivity index (χ1v) is 6.75. The maximum atomic E-state index is 6.37. The van der Waals surface area contributed by atoms with E-state index in [-0.39, 0.29) is 0 Å². The van der Waals surface area contributed by atoms with Crippen molar-refractivity contribution in [3.63, 3.8) is 0 Å². The van der Waals surface area contributed by atoms with Gasteiger partial charge in [-0.15, -0.1) is 0 Å². The molecule has 0 aliphatic carbocycles. The predicted octanol–water partition coefficient (Wildman–Crippen LogP) is 3.16. The van der Waals surface area contributed by atoms with Crippen molar-refractivity contribution in [1.29, 1.82) is 0 Å². The second-order valence-electron chi connectivity index (χ2n) is 4.92. The lowest BCUT2D eigenvalue weighted by molar-refractivity contribution is 0.352. The summed E-state index contributed by atoms with van der Waals surface area (Å²) in [7, 11) is 2.18. The van der Waals surface area contributed by atoms with E-state index in [0.717, 1.165) is 31.0 Å². The molecule has 0 saturated carbocycles. The van der Waals surface area contributed by atoms with E-state index in [2.05, 4.69) is 47.1 Å². The van der Waals surface area contributed by atoms with Gasteiger partial charge in [0.25, 0.3) is 0 Å². The highest BCUT2D eigenvalue weighted by Crippen LogP contribution is 2.29. The smallest absolute Gasteiger partial charge is 0.0485 e. The third-order valence-electron chi connectivity index (χ3n) is 3.72. The molecule has 3 rings (SSSR count). The van der Waals surface area contributed by atoms with Crippen LogP contribution in [-0.2, 0) is 12.8 Å². The molecule has 2 aromatic rings. The van der Waals surface area contributed by atoms with Gasteiger partial charge in [0.05, 0.1) is 0 Å². The van der Waals surface area contributed by atoms with Crippen LogP contribution in [-0.4, -0.2) is 29.6 Å². The summed E-state index contributed by atoms with van der Waals surface area (Å²) in [6.07, 6.45) is 6.30. The standard InChI is InChI=1S/C15H17ClN2/c1-17-10-6-12-13(7-11-17)15(5-4-14(12)16)18-8-2-3-9-18/h2-5,8-9H,6-7,10-11H2,1H3. The Morgan fingerprint density at radius 2 is 1.67 bits per heavy atom. The van der Waals surface area contributed by atoms with Crippen LogP contribution < -0.4 is 0 Å². The van der Waals surface area contributed by atoms with E-state index in [1.165, 1.54) is 16.8 Å². The van der Waals surface area contributed by atoms with Gasteiger partial charge in [0.15, 0.2) is 0 Å². The van der Waals surface area contributed by atoms with Gasteiger partial charge in [-0.3, -0.25) is 0 Å². The van der Waals surface area contributed by atoms with Crippen molar-refractivity contribution in [3.05, 3.63) is 52.8 Å². The lowest BCUT2D eigenvalue weighted by atomic mass is 10.0. The van der Waals surface area contributed by atoms with E-state index >= 15 is 0 Å². The quantitative estimate of drug-likeness (QED) is 0.765. The van der Waals surface area contributed by atoms with Gasteiger partial charge in [-0.25, -0.2) is 0 Å². The van der Waals surface area contributed by atoms with Gasteiger partial charge < -0.3 is 9.47 Å². The molecular weight excluding hydrogens is 244 g/mol. The fraction of sp³-hybridized carbons (Fsp3) is 0.333. The summed E-state index contributed by atoms with van der Waals surface area (Å²) in [5.41, 5.74) is 4.00. The summed E-state index contributed by atoms with van der Waals surface area (Å²) in [5.74, 6) is 0. The van der Waals surface area contributed by atoms with Crippen LogP contribution >= 0.6 is 11.6 Å². The highest BCUT2D eigenvalue weighted by Gasteiger charge is 2.17. The van der Waals surface area contributed by atoms with E-state index in [0.29, 0.717) is 0 Å². The summed E-state index contributed by atoms with van der Waals surface area (Å²) in [5, 5.41) is 0.913. The zero-order chi connectivity index (χ0) is 12.5. The minimum Gasteiger partial charge on any atom is -0.324 e. The van der Waals surface area contributed by atoms with E-state index in [9.17, 15) is 0 Å². The predicted molar refractivity (Wildman–Crippen MR) is 75.7 cm³/mol. The molecule has 0 unspecified atom stereocenters. The number of likely N-dealkylation sites (N-methyl/N-ethyl adjacent to an activating group) is 1. The first-order chi connectivity index (χ1) is 8.75. The van der Waals surface area contributed by atoms with Crippen LogP contribution in [0.1, 0.15) is 11.1 Å². The molecule has 1 aliphatic rings. The maximum Gasteiger partial charge on any atom is 0.0485 e. The SMILES string of the molecule is CN1CCc2c(Cl)ccc(-n3cccc3)c2CC1. The number of hydrogen-bond acceptors (Lipinski definition) is 1. The number of halogens is 1. The highest BCUT2D eigenvalue weighted by atomic mass is 35.5. The summed E-state index contributed by atoms with van der Waals surface area (Å²) >= 11 is 6.37. The zero-order valence-electron chi connectivity index (χ0n) is 10.6. The summed E-state index contributed by atoms with van der Waals surface area (Å²) < 4.78 is 2.18. The Balaban J connectivity index is 2.13. The Morgan fingerprint density at radius 1 is 1.00 bits per heavy atom. The van der Waals surface area contributed by atoms with E-state index in [4.69, 9.17) is 11.6 Å². The van der Waals surface area contributed by atoms with Crippen molar-refractivity contribution in [2.24, 2.45) is 0 Å². The summed E-state index contributed by atoms with van der Waals surface area (Å²) in [6.45, 7) is 2.18. The normalized spacial score (nSPS) is 16.3. The van der Waals surface area contributed by atoms with Crippen molar-refractivity contribution in [2.45, 2.75) is 12.8 Å². The first-order valence-electron chi connectivity index (χ1n) is 6.38. The maximum absolute atomic E-state index is 6.37. The number of rotatable bonds is 1. The molecule has 0 radical (unpaired) electrons. The molecular formula is C15H17ClN2. The Bertz CT molecular complexity index is 546. The van der Waals surface area contributed by atoms with Crippen LogP contribution in [0.2, 0.25) is 5.02 Å². The molecule has 1 aromatic carbocycles. The molecule has 2 nitrogen and oxygen atoms in total.